The molecule has 2 aliphatic rings. The monoisotopic (exact) mass is 304 g/mol. The molecule has 0 bridgehead atoms. The summed E-state index contributed by atoms with van der Waals surface area (Å²) < 4.78 is 0. The van der Waals surface area contributed by atoms with E-state index in [4.69, 9.17) is 0 Å². The fourth-order valence-corrected chi connectivity index (χ4v) is 4.30. The Morgan fingerprint density at radius 2 is 2.10 bits per heavy atom. The molecule has 0 spiro atoms. The first-order valence-corrected chi connectivity index (χ1v) is 8.33. The van der Waals surface area contributed by atoms with Crippen LogP contribution in [0.4, 0.5) is 0 Å². The van der Waals surface area contributed by atoms with E-state index in [9.17, 15) is 9.59 Å². The Hall–Kier alpha value is -1.49. The average Bonchev–Trinajstić information content (AvgIpc) is 2.89. The Labute approximate surface area is 129 Å². The van der Waals surface area contributed by atoms with Crippen LogP contribution in [0.25, 0.3) is 0 Å². The fraction of sp³-hybridized carbons (Fsp3) is 0.500. The molecule has 112 valence electrons. The molecule has 1 aromatic rings. The Balaban J connectivity index is 1.72. The van der Waals surface area contributed by atoms with Crippen LogP contribution < -0.4 is 5.32 Å². The predicted octanol–water partition coefficient (Wildman–Crippen LogP) is 1.83. The van der Waals surface area contributed by atoms with Crippen LogP contribution in [0, 0.1) is 0 Å². The standard InChI is InChI=1S/C16H20N2O2S/c1-3-13-16(20)18(10(2)15(19)17-13)9-12-8-11-6-4-5-7-14(11)21-12/h4-7,10,12-13H,3,8-9H2,1-2H3,(H,17,19). The molecule has 3 atom stereocenters. The maximum atomic E-state index is 12.5. The molecule has 4 nitrogen and oxygen atoms in total. The Kier molecular flexibility index (Phi) is 3.93. The van der Waals surface area contributed by atoms with Crippen molar-refractivity contribution in [3.8, 4) is 0 Å². The van der Waals surface area contributed by atoms with Gasteiger partial charge in [0.1, 0.15) is 12.1 Å². The van der Waals surface area contributed by atoms with Crippen LogP contribution in [0.1, 0.15) is 25.8 Å². The number of thioether (sulfide) groups is 1. The van der Waals surface area contributed by atoms with Gasteiger partial charge in [0.05, 0.1) is 0 Å². The van der Waals surface area contributed by atoms with E-state index in [2.05, 4.69) is 23.5 Å². The van der Waals surface area contributed by atoms with Gasteiger partial charge in [-0.15, -0.1) is 11.8 Å². The van der Waals surface area contributed by atoms with Crippen LogP contribution in [0.2, 0.25) is 0 Å². The summed E-state index contributed by atoms with van der Waals surface area (Å²) in [6, 6.07) is 7.64. The van der Waals surface area contributed by atoms with Gasteiger partial charge in [-0.05, 0) is 31.4 Å². The number of hydrogen-bond acceptors (Lipinski definition) is 3. The van der Waals surface area contributed by atoms with Crippen molar-refractivity contribution in [1.29, 1.82) is 0 Å². The topological polar surface area (TPSA) is 49.4 Å². The number of hydrogen-bond donors (Lipinski definition) is 1. The van der Waals surface area contributed by atoms with Crippen molar-refractivity contribution in [3.05, 3.63) is 29.8 Å². The second kappa shape index (κ2) is 5.72. The lowest BCUT2D eigenvalue weighted by atomic mass is 10.0. The SMILES string of the molecule is CCC1NC(=O)C(C)N(CC2Cc3ccccc3S2)C1=O. The number of carbonyl (C=O) groups is 2. The van der Waals surface area contributed by atoms with E-state index in [-0.39, 0.29) is 23.9 Å². The number of benzene rings is 1. The van der Waals surface area contributed by atoms with E-state index in [1.54, 1.807) is 4.90 Å². The van der Waals surface area contributed by atoms with Crippen molar-refractivity contribution < 1.29 is 9.59 Å². The molecule has 0 radical (unpaired) electrons. The zero-order chi connectivity index (χ0) is 15.0. The Bertz CT molecular complexity index is 550. The number of nitrogens with one attached hydrogen (secondary N) is 1. The minimum atomic E-state index is -0.371. The summed E-state index contributed by atoms with van der Waals surface area (Å²) >= 11 is 1.82. The van der Waals surface area contributed by atoms with Crippen molar-refractivity contribution in [2.75, 3.05) is 6.54 Å². The largest absolute Gasteiger partial charge is 0.343 e. The number of rotatable bonds is 3. The Morgan fingerprint density at radius 3 is 2.81 bits per heavy atom. The van der Waals surface area contributed by atoms with Gasteiger partial charge in [-0.3, -0.25) is 9.59 Å². The molecule has 2 amide bonds. The average molecular weight is 304 g/mol. The summed E-state index contributed by atoms with van der Waals surface area (Å²) in [4.78, 5) is 27.5. The van der Waals surface area contributed by atoms with Gasteiger partial charge < -0.3 is 10.2 Å². The van der Waals surface area contributed by atoms with Crippen LogP contribution >= 0.6 is 11.8 Å². The summed E-state index contributed by atoms with van der Waals surface area (Å²) in [6.07, 6.45) is 1.61. The summed E-state index contributed by atoms with van der Waals surface area (Å²) in [5.74, 6) is 0.0168. The fourth-order valence-electron chi connectivity index (χ4n) is 2.99. The van der Waals surface area contributed by atoms with Crippen LogP contribution in [0.15, 0.2) is 29.2 Å². The second-order valence-corrected chi connectivity index (χ2v) is 7.03. The molecule has 0 aromatic heterocycles. The van der Waals surface area contributed by atoms with Gasteiger partial charge in [-0.2, -0.15) is 0 Å². The number of amides is 2. The lowest BCUT2D eigenvalue weighted by Gasteiger charge is -2.38. The third-order valence-electron chi connectivity index (χ3n) is 4.27. The quantitative estimate of drug-likeness (QED) is 0.927. The van der Waals surface area contributed by atoms with Gasteiger partial charge >= 0.3 is 0 Å². The highest BCUT2D eigenvalue weighted by molar-refractivity contribution is 8.00. The number of piperazine rings is 1. The lowest BCUT2D eigenvalue weighted by Crippen LogP contribution is -2.63. The highest BCUT2D eigenvalue weighted by atomic mass is 32.2. The molecular weight excluding hydrogens is 284 g/mol. The third kappa shape index (κ3) is 2.67. The van der Waals surface area contributed by atoms with Gasteiger partial charge in [0.25, 0.3) is 0 Å². The van der Waals surface area contributed by atoms with E-state index < -0.39 is 0 Å². The molecule has 0 saturated carbocycles. The van der Waals surface area contributed by atoms with E-state index in [0.29, 0.717) is 18.2 Å². The van der Waals surface area contributed by atoms with Gasteiger partial charge in [0, 0.05) is 16.7 Å². The van der Waals surface area contributed by atoms with E-state index in [1.165, 1.54) is 10.5 Å². The highest BCUT2D eigenvalue weighted by Gasteiger charge is 2.38. The van der Waals surface area contributed by atoms with Gasteiger partial charge in [0.2, 0.25) is 11.8 Å². The van der Waals surface area contributed by atoms with Gasteiger partial charge in [0.15, 0.2) is 0 Å². The molecule has 1 N–H and O–H groups in total. The molecule has 21 heavy (non-hydrogen) atoms. The maximum Gasteiger partial charge on any atom is 0.245 e. The number of nitrogens with zero attached hydrogens (tertiary/aromatic N) is 1. The first-order chi connectivity index (χ1) is 10.1. The summed E-state index contributed by atoms with van der Waals surface area (Å²) in [5, 5.41) is 3.15. The van der Waals surface area contributed by atoms with Crippen LogP contribution in [0.3, 0.4) is 0 Å². The van der Waals surface area contributed by atoms with Crippen molar-refractivity contribution in [1.82, 2.24) is 10.2 Å². The van der Waals surface area contributed by atoms with Crippen molar-refractivity contribution in [3.63, 3.8) is 0 Å². The molecule has 1 aromatic carbocycles. The molecule has 1 saturated heterocycles. The van der Waals surface area contributed by atoms with Crippen molar-refractivity contribution in [2.24, 2.45) is 0 Å². The third-order valence-corrected chi connectivity index (χ3v) is 5.57. The second-order valence-electron chi connectivity index (χ2n) is 5.69. The summed E-state index contributed by atoms with van der Waals surface area (Å²) in [6.45, 7) is 4.38. The minimum absolute atomic E-state index is 0.0399. The van der Waals surface area contributed by atoms with Gasteiger partial charge in [-0.25, -0.2) is 0 Å². The molecule has 3 rings (SSSR count). The van der Waals surface area contributed by atoms with Crippen LogP contribution in [0.5, 0.6) is 0 Å². The van der Waals surface area contributed by atoms with Crippen LogP contribution in [-0.4, -0.2) is 40.6 Å². The number of carbonyl (C=O) groups excluding carboxylic acids is 2. The first-order valence-electron chi connectivity index (χ1n) is 7.45. The molecule has 0 aliphatic carbocycles. The van der Waals surface area contributed by atoms with E-state index in [1.807, 2.05) is 31.7 Å². The first kappa shape index (κ1) is 14.4. The zero-order valence-electron chi connectivity index (χ0n) is 12.3. The molecule has 1 fully saturated rings. The number of fused-ring (bicyclic) bond motifs is 1. The summed E-state index contributed by atoms with van der Waals surface area (Å²) in [7, 11) is 0. The smallest absolute Gasteiger partial charge is 0.245 e. The molecule has 2 heterocycles. The molecule has 2 aliphatic heterocycles. The lowest BCUT2D eigenvalue weighted by molar-refractivity contribution is -0.148. The van der Waals surface area contributed by atoms with E-state index >= 15 is 0 Å². The molecule has 3 unspecified atom stereocenters. The normalized spacial score (nSPS) is 28.5. The summed E-state index contributed by atoms with van der Waals surface area (Å²) in [5.41, 5.74) is 1.35. The van der Waals surface area contributed by atoms with Gasteiger partial charge in [-0.1, -0.05) is 25.1 Å². The predicted molar refractivity (Wildman–Crippen MR) is 83.2 cm³/mol. The highest BCUT2D eigenvalue weighted by Crippen LogP contribution is 2.37. The van der Waals surface area contributed by atoms with Crippen molar-refractivity contribution >= 4 is 23.6 Å². The molecule has 5 heteroatoms. The zero-order valence-corrected chi connectivity index (χ0v) is 13.2. The maximum absolute atomic E-state index is 12.5. The minimum Gasteiger partial charge on any atom is -0.343 e. The Morgan fingerprint density at radius 1 is 1.33 bits per heavy atom. The molecular formula is C16H20N2O2S. The van der Waals surface area contributed by atoms with Crippen LogP contribution in [-0.2, 0) is 16.0 Å². The van der Waals surface area contributed by atoms with E-state index in [0.717, 1.165) is 6.42 Å². The van der Waals surface area contributed by atoms with Crippen molar-refractivity contribution in [2.45, 2.75) is 48.9 Å².